The number of nitrogens with zero attached hydrogens (tertiary/aromatic N) is 1. The van der Waals surface area contributed by atoms with Crippen molar-refractivity contribution in [3.63, 3.8) is 0 Å². The SMILES string of the molecule is CC(C)c1ccc(C(=O)NN2CC[NH+](C)CC2)cc1. The number of hydrogen-bond acceptors (Lipinski definition) is 2. The molecule has 1 saturated heterocycles. The van der Waals surface area contributed by atoms with Crippen LogP contribution < -0.4 is 10.3 Å². The third-order valence-corrected chi connectivity index (χ3v) is 3.72. The highest BCUT2D eigenvalue weighted by Gasteiger charge is 2.18. The molecule has 19 heavy (non-hydrogen) atoms. The number of hydrazine groups is 1. The number of benzene rings is 1. The molecule has 0 unspecified atom stereocenters. The van der Waals surface area contributed by atoms with Crippen LogP contribution in [0.25, 0.3) is 0 Å². The Hall–Kier alpha value is -1.39. The number of carbonyl (C=O) groups is 1. The predicted octanol–water partition coefficient (Wildman–Crippen LogP) is 0.285. The molecule has 2 N–H and O–H groups in total. The van der Waals surface area contributed by atoms with E-state index in [1.54, 1.807) is 0 Å². The van der Waals surface area contributed by atoms with Crippen LogP contribution >= 0.6 is 0 Å². The summed E-state index contributed by atoms with van der Waals surface area (Å²) in [5, 5.41) is 2.02. The van der Waals surface area contributed by atoms with Gasteiger partial charge in [0.15, 0.2) is 0 Å². The van der Waals surface area contributed by atoms with E-state index in [2.05, 4.69) is 26.3 Å². The molecule has 1 fully saturated rings. The van der Waals surface area contributed by atoms with Crippen molar-refractivity contribution in [1.82, 2.24) is 10.4 Å². The molecule has 0 atom stereocenters. The van der Waals surface area contributed by atoms with E-state index in [9.17, 15) is 4.79 Å². The van der Waals surface area contributed by atoms with E-state index in [0.717, 1.165) is 31.7 Å². The fourth-order valence-corrected chi connectivity index (χ4v) is 2.23. The predicted molar refractivity (Wildman–Crippen MR) is 76.2 cm³/mol. The second kappa shape index (κ2) is 6.17. The largest absolute Gasteiger partial charge is 0.335 e. The van der Waals surface area contributed by atoms with E-state index in [0.29, 0.717) is 5.92 Å². The molecule has 1 aromatic rings. The van der Waals surface area contributed by atoms with Crippen LogP contribution in [0.3, 0.4) is 0 Å². The minimum absolute atomic E-state index is 0.00476. The normalized spacial score (nSPS) is 17.7. The summed E-state index contributed by atoms with van der Waals surface area (Å²) < 4.78 is 0. The van der Waals surface area contributed by atoms with Crippen molar-refractivity contribution < 1.29 is 9.69 Å². The van der Waals surface area contributed by atoms with Crippen molar-refractivity contribution in [2.45, 2.75) is 19.8 Å². The molecule has 0 spiro atoms. The third kappa shape index (κ3) is 3.78. The molecule has 0 aliphatic carbocycles. The number of amides is 1. The minimum atomic E-state index is -0.00476. The van der Waals surface area contributed by atoms with Gasteiger partial charge in [-0.25, -0.2) is 5.01 Å². The van der Waals surface area contributed by atoms with Crippen LogP contribution in [-0.2, 0) is 0 Å². The Balaban J connectivity index is 1.92. The minimum Gasteiger partial charge on any atom is -0.335 e. The summed E-state index contributed by atoms with van der Waals surface area (Å²) in [5.41, 5.74) is 4.98. The van der Waals surface area contributed by atoms with Gasteiger partial charge in [-0.1, -0.05) is 26.0 Å². The summed E-state index contributed by atoms with van der Waals surface area (Å²) in [4.78, 5) is 13.6. The molecule has 0 saturated carbocycles. The second-order valence-corrected chi connectivity index (χ2v) is 5.66. The van der Waals surface area contributed by atoms with Gasteiger partial charge >= 0.3 is 0 Å². The quantitative estimate of drug-likeness (QED) is 0.821. The molecule has 0 aromatic heterocycles. The van der Waals surface area contributed by atoms with Crippen LogP contribution in [0.5, 0.6) is 0 Å². The first-order valence-electron chi connectivity index (χ1n) is 7.03. The van der Waals surface area contributed by atoms with Crippen LogP contribution in [0.15, 0.2) is 24.3 Å². The lowest BCUT2D eigenvalue weighted by molar-refractivity contribution is -0.884. The topological polar surface area (TPSA) is 36.8 Å². The average molecular weight is 262 g/mol. The van der Waals surface area contributed by atoms with Crippen LogP contribution in [0.2, 0.25) is 0 Å². The van der Waals surface area contributed by atoms with Gasteiger partial charge in [0, 0.05) is 5.56 Å². The van der Waals surface area contributed by atoms with Gasteiger partial charge in [0.25, 0.3) is 5.91 Å². The highest BCUT2D eigenvalue weighted by molar-refractivity contribution is 5.93. The first-order chi connectivity index (χ1) is 9.06. The summed E-state index contributed by atoms with van der Waals surface area (Å²) in [6, 6.07) is 7.89. The Morgan fingerprint density at radius 3 is 2.32 bits per heavy atom. The zero-order valence-corrected chi connectivity index (χ0v) is 12.1. The average Bonchev–Trinajstić information content (AvgIpc) is 2.41. The summed E-state index contributed by atoms with van der Waals surface area (Å²) in [5.74, 6) is 0.493. The van der Waals surface area contributed by atoms with Crippen LogP contribution in [-0.4, -0.2) is 44.1 Å². The first kappa shape index (κ1) is 14.0. The number of quaternary nitrogens is 1. The van der Waals surface area contributed by atoms with E-state index >= 15 is 0 Å². The zero-order valence-electron chi connectivity index (χ0n) is 12.1. The zero-order chi connectivity index (χ0) is 13.8. The van der Waals surface area contributed by atoms with Crippen molar-refractivity contribution in [1.29, 1.82) is 0 Å². The van der Waals surface area contributed by atoms with Crippen LogP contribution in [0, 0.1) is 0 Å². The number of carbonyl (C=O) groups excluding carboxylic acids is 1. The maximum absolute atomic E-state index is 12.1. The van der Waals surface area contributed by atoms with Crippen molar-refractivity contribution in [3.05, 3.63) is 35.4 Å². The molecule has 1 heterocycles. The summed E-state index contributed by atoms with van der Waals surface area (Å²) >= 11 is 0. The number of likely N-dealkylation sites (N-methyl/N-ethyl adjacent to an activating group) is 1. The lowest BCUT2D eigenvalue weighted by Gasteiger charge is -2.30. The molecule has 4 nitrogen and oxygen atoms in total. The highest BCUT2D eigenvalue weighted by atomic mass is 16.2. The van der Waals surface area contributed by atoms with Crippen LogP contribution in [0.4, 0.5) is 0 Å². The van der Waals surface area contributed by atoms with Gasteiger partial charge in [-0.15, -0.1) is 0 Å². The fraction of sp³-hybridized carbons (Fsp3) is 0.533. The number of nitrogens with one attached hydrogen (secondary N) is 2. The molecule has 2 rings (SSSR count). The van der Waals surface area contributed by atoms with Gasteiger partial charge in [-0.05, 0) is 23.6 Å². The lowest BCUT2D eigenvalue weighted by atomic mass is 10.0. The smallest absolute Gasteiger partial charge is 0.265 e. The van der Waals surface area contributed by atoms with Crippen molar-refractivity contribution in [2.24, 2.45) is 0 Å². The van der Waals surface area contributed by atoms with Gasteiger partial charge in [0.1, 0.15) is 0 Å². The molecule has 1 aliphatic heterocycles. The molecule has 1 aliphatic rings. The van der Waals surface area contributed by atoms with E-state index in [4.69, 9.17) is 0 Å². The van der Waals surface area contributed by atoms with Gasteiger partial charge in [-0.3, -0.25) is 10.2 Å². The van der Waals surface area contributed by atoms with Gasteiger partial charge in [-0.2, -0.15) is 0 Å². The van der Waals surface area contributed by atoms with Crippen molar-refractivity contribution in [3.8, 4) is 0 Å². The van der Waals surface area contributed by atoms with Crippen LogP contribution in [0.1, 0.15) is 35.7 Å². The molecule has 1 amide bonds. The highest BCUT2D eigenvalue weighted by Crippen LogP contribution is 2.14. The maximum Gasteiger partial charge on any atom is 0.265 e. The fourth-order valence-electron chi connectivity index (χ4n) is 2.23. The molecule has 1 aromatic carbocycles. The Labute approximate surface area is 115 Å². The van der Waals surface area contributed by atoms with Gasteiger partial charge in [0.2, 0.25) is 0 Å². The standard InChI is InChI=1S/C15H23N3O/c1-12(2)13-4-6-14(7-5-13)15(19)16-18-10-8-17(3)9-11-18/h4-7,12H,8-11H2,1-3H3,(H,16,19)/p+1. The van der Waals surface area contributed by atoms with Crippen molar-refractivity contribution >= 4 is 5.91 Å². The van der Waals surface area contributed by atoms with E-state index in [1.165, 1.54) is 10.5 Å². The van der Waals surface area contributed by atoms with Gasteiger partial charge in [0.05, 0.1) is 33.2 Å². The Morgan fingerprint density at radius 2 is 1.79 bits per heavy atom. The van der Waals surface area contributed by atoms with E-state index in [-0.39, 0.29) is 5.91 Å². The molecule has 0 radical (unpaired) electrons. The summed E-state index contributed by atoms with van der Waals surface area (Å²) in [6.07, 6.45) is 0. The van der Waals surface area contributed by atoms with E-state index < -0.39 is 0 Å². The summed E-state index contributed by atoms with van der Waals surface area (Å²) in [6.45, 7) is 8.30. The number of piperazine rings is 1. The Bertz CT molecular complexity index is 420. The number of hydrogen-bond donors (Lipinski definition) is 2. The second-order valence-electron chi connectivity index (χ2n) is 5.66. The molecule has 0 bridgehead atoms. The summed E-state index contributed by atoms with van der Waals surface area (Å²) in [7, 11) is 2.18. The third-order valence-electron chi connectivity index (χ3n) is 3.72. The maximum atomic E-state index is 12.1. The Kier molecular flexibility index (Phi) is 4.56. The lowest BCUT2D eigenvalue weighted by Crippen LogP contribution is -3.12. The monoisotopic (exact) mass is 262 g/mol. The molecular formula is C15H24N3O+. The van der Waals surface area contributed by atoms with Crippen molar-refractivity contribution in [2.75, 3.05) is 33.2 Å². The molecular weight excluding hydrogens is 238 g/mol. The number of rotatable bonds is 3. The molecule has 104 valence electrons. The molecule has 4 heteroatoms. The Morgan fingerprint density at radius 1 is 1.21 bits per heavy atom. The van der Waals surface area contributed by atoms with E-state index in [1.807, 2.05) is 29.3 Å². The van der Waals surface area contributed by atoms with Gasteiger partial charge < -0.3 is 4.90 Å². The first-order valence-corrected chi connectivity index (χ1v) is 7.03.